The summed E-state index contributed by atoms with van der Waals surface area (Å²) in [5, 5.41) is 0. The molecule has 16 heavy (non-hydrogen) atoms. The molecule has 3 N–H and O–H groups in total. The SMILES string of the molecule is CC(C)CC(CCCc1ccccc1)NN. The van der Waals surface area contributed by atoms with E-state index in [0.29, 0.717) is 12.0 Å². The van der Waals surface area contributed by atoms with Gasteiger partial charge in [-0.3, -0.25) is 11.3 Å². The zero-order valence-electron chi connectivity index (χ0n) is 10.4. The first-order valence-electron chi connectivity index (χ1n) is 6.22. The number of aryl methyl sites for hydroxylation is 1. The number of hydrogen-bond acceptors (Lipinski definition) is 2. The molecule has 0 bridgehead atoms. The molecule has 0 fully saturated rings. The third kappa shape index (κ3) is 5.29. The Hall–Kier alpha value is -0.860. The van der Waals surface area contributed by atoms with E-state index in [4.69, 9.17) is 5.84 Å². The minimum atomic E-state index is 0.462. The van der Waals surface area contributed by atoms with Crippen LogP contribution in [0.5, 0.6) is 0 Å². The largest absolute Gasteiger partial charge is 0.271 e. The van der Waals surface area contributed by atoms with Crippen LogP contribution in [0.1, 0.15) is 38.7 Å². The molecule has 1 aromatic carbocycles. The van der Waals surface area contributed by atoms with Crippen LogP contribution in [0.2, 0.25) is 0 Å². The van der Waals surface area contributed by atoms with E-state index in [9.17, 15) is 0 Å². The minimum Gasteiger partial charge on any atom is -0.271 e. The lowest BCUT2D eigenvalue weighted by atomic mass is 9.98. The molecule has 1 unspecified atom stereocenters. The quantitative estimate of drug-likeness (QED) is 0.548. The summed E-state index contributed by atoms with van der Waals surface area (Å²) in [5.41, 5.74) is 4.34. The number of hydrazine groups is 1. The molecule has 0 spiro atoms. The zero-order valence-corrected chi connectivity index (χ0v) is 10.4. The lowest BCUT2D eigenvalue weighted by molar-refractivity contribution is 0.397. The highest BCUT2D eigenvalue weighted by Gasteiger charge is 2.08. The Bertz CT molecular complexity index is 269. The Morgan fingerprint density at radius 1 is 1.19 bits per heavy atom. The molecular formula is C14H24N2. The first-order chi connectivity index (χ1) is 7.72. The molecule has 90 valence electrons. The highest BCUT2D eigenvalue weighted by atomic mass is 15.2. The van der Waals surface area contributed by atoms with Gasteiger partial charge in [0.15, 0.2) is 0 Å². The zero-order chi connectivity index (χ0) is 11.8. The van der Waals surface area contributed by atoms with Gasteiger partial charge in [0.2, 0.25) is 0 Å². The van der Waals surface area contributed by atoms with Crippen molar-refractivity contribution in [2.45, 2.75) is 45.6 Å². The van der Waals surface area contributed by atoms with Crippen LogP contribution in [0.25, 0.3) is 0 Å². The van der Waals surface area contributed by atoms with Gasteiger partial charge >= 0.3 is 0 Å². The van der Waals surface area contributed by atoms with Crippen LogP contribution >= 0.6 is 0 Å². The average Bonchev–Trinajstić information content (AvgIpc) is 2.28. The molecule has 0 saturated carbocycles. The van der Waals surface area contributed by atoms with Crippen molar-refractivity contribution in [2.24, 2.45) is 11.8 Å². The second kappa shape index (κ2) is 7.42. The summed E-state index contributed by atoms with van der Waals surface area (Å²) in [7, 11) is 0. The van der Waals surface area contributed by atoms with Gasteiger partial charge in [-0.25, -0.2) is 0 Å². The van der Waals surface area contributed by atoms with Crippen molar-refractivity contribution < 1.29 is 0 Å². The molecule has 2 nitrogen and oxygen atoms in total. The van der Waals surface area contributed by atoms with E-state index < -0.39 is 0 Å². The van der Waals surface area contributed by atoms with Gasteiger partial charge in [0.1, 0.15) is 0 Å². The van der Waals surface area contributed by atoms with Crippen LogP contribution in [0.3, 0.4) is 0 Å². The fourth-order valence-electron chi connectivity index (χ4n) is 2.04. The number of rotatable bonds is 7. The Morgan fingerprint density at radius 2 is 1.88 bits per heavy atom. The second-order valence-electron chi connectivity index (χ2n) is 4.87. The summed E-state index contributed by atoms with van der Waals surface area (Å²) in [6.45, 7) is 4.48. The van der Waals surface area contributed by atoms with Gasteiger partial charge in [-0.05, 0) is 37.2 Å². The molecule has 1 rings (SSSR count). The Kier molecular flexibility index (Phi) is 6.12. The van der Waals surface area contributed by atoms with Crippen LogP contribution in [0, 0.1) is 5.92 Å². The maximum absolute atomic E-state index is 5.55. The lowest BCUT2D eigenvalue weighted by Crippen LogP contribution is -2.36. The monoisotopic (exact) mass is 220 g/mol. The Morgan fingerprint density at radius 3 is 2.44 bits per heavy atom. The van der Waals surface area contributed by atoms with Crippen molar-refractivity contribution >= 4 is 0 Å². The van der Waals surface area contributed by atoms with Crippen LogP contribution in [-0.2, 0) is 6.42 Å². The summed E-state index contributed by atoms with van der Waals surface area (Å²) in [5.74, 6) is 6.26. The van der Waals surface area contributed by atoms with E-state index in [1.807, 2.05) is 0 Å². The highest BCUT2D eigenvalue weighted by molar-refractivity contribution is 5.14. The first kappa shape index (κ1) is 13.2. The standard InChI is InChI=1S/C14H24N2/c1-12(2)11-14(16-15)10-6-9-13-7-4-3-5-8-13/h3-5,7-8,12,14,16H,6,9-11,15H2,1-2H3. The Balaban J connectivity index is 2.23. The molecule has 0 radical (unpaired) electrons. The van der Waals surface area contributed by atoms with Gasteiger partial charge in [0, 0.05) is 6.04 Å². The third-order valence-electron chi connectivity index (χ3n) is 2.85. The molecule has 0 heterocycles. The van der Waals surface area contributed by atoms with Crippen LogP contribution in [0.4, 0.5) is 0 Å². The van der Waals surface area contributed by atoms with Crippen LogP contribution in [0.15, 0.2) is 30.3 Å². The maximum atomic E-state index is 5.55. The van der Waals surface area contributed by atoms with Crippen molar-refractivity contribution in [1.29, 1.82) is 0 Å². The maximum Gasteiger partial charge on any atom is 0.0213 e. The van der Waals surface area contributed by atoms with Gasteiger partial charge in [-0.1, -0.05) is 44.2 Å². The van der Waals surface area contributed by atoms with Gasteiger partial charge < -0.3 is 0 Å². The fraction of sp³-hybridized carbons (Fsp3) is 0.571. The summed E-state index contributed by atoms with van der Waals surface area (Å²) >= 11 is 0. The van der Waals surface area contributed by atoms with E-state index in [1.165, 1.54) is 12.0 Å². The minimum absolute atomic E-state index is 0.462. The molecule has 1 atom stereocenters. The smallest absolute Gasteiger partial charge is 0.0213 e. The second-order valence-corrected chi connectivity index (χ2v) is 4.87. The van der Waals surface area contributed by atoms with Crippen LogP contribution in [-0.4, -0.2) is 6.04 Å². The van der Waals surface area contributed by atoms with E-state index in [1.54, 1.807) is 0 Å². The van der Waals surface area contributed by atoms with E-state index in [2.05, 4.69) is 49.6 Å². The van der Waals surface area contributed by atoms with Gasteiger partial charge in [-0.15, -0.1) is 0 Å². The van der Waals surface area contributed by atoms with Crippen LogP contribution < -0.4 is 11.3 Å². The number of benzene rings is 1. The predicted molar refractivity (Wildman–Crippen MR) is 69.9 cm³/mol. The topological polar surface area (TPSA) is 38.0 Å². The van der Waals surface area contributed by atoms with Gasteiger partial charge in [-0.2, -0.15) is 0 Å². The van der Waals surface area contributed by atoms with E-state index >= 15 is 0 Å². The van der Waals surface area contributed by atoms with Crippen molar-refractivity contribution in [3.63, 3.8) is 0 Å². The molecule has 2 heteroatoms. The van der Waals surface area contributed by atoms with Crippen molar-refractivity contribution in [3.05, 3.63) is 35.9 Å². The van der Waals surface area contributed by atoms with Gasteiger partial charge in [0.25, 0.3) is 0 Å². The van der Waals surface area contributed by atoms with Crippen molar-refractivity contribution in [1.82, 2.24) is 5.43 Å². The van der Waals surface area contributed by atoms with E-state index in [-0.39, 0.29) is 0 Å². The molecule has 1 aromatic rings. The lowest BCUT2D eigenvalue weighted by Gasteiger charge is -2.17. The molecule has 0 saturated heterocycles. The molecule has 0 aliphatic rings. The van der Waals surface area contributed by atoms with Crippen molar-refractivity contribution in [3.8, 4) is 0 Å². The highest BCUT2D eigenvalue weighted by Crippen LogP contribution is 2.11. The summed E-state index contributed by atoms with van der Waals surface area (Å²) < 4.78 is 0. The molecule has 0 aromatic heterocycles. The fourth-order valence-corrected chi connectivity index (χ4v) is 2.04. The molecule has 0 aliphatic carbocycles. The summed E-state index contributed by atoms with van der Waals surface area (Å²) in [6, 6.07) is 11.1. The summed E-state index contributed by atoms with van der Waals surface area (Å²) in [6.07, 6.45) is 4.66. The number of nitrogens with one attached hydrogen (secondary N) is 1. The average molecular weight is 220 g/mol. The molecule has 0 amide bonds. The normalized spacial score (nSPS) is 13.0. The summed E-state index contributed by atoms with van der Waals surface area (Å²) in [4.78, 5) is 0. The van der Waals surface area contributed by atoms with E-state index in [0.717, 1.165) is 19.3 Å². The molecular weight excluding hydrogens is 196 g/mol. The predicted octanol–water partition coefficient (Wildman–Crippen LogP) is 2.89. The first-order valence-corrected chi connectivity index (χ1v) is 6.22. The Labute approximate surface area is 99.2 Å². The number of nitrogens with two attached hydrogens (primary N) is 1. The van der Waals surface area contributed by atoms with Crippen molar-refractivity contribution in [2.75, 3.05) is 0 Å². The third-order valence-corrected chi connectivity index (χ3v) is 2.85. The number of hydrogen-bond donors (Lipinski definition) is 2. The molecule has 0 aliphatic heterocycles. The van der Waals surface area contributed by atoms with Gasteiger partial charge in [0.05, 0.1) is 0 Å².